The maximum absolute atomic E-state index is 13.5. The number of piperazine rings is 1. The minimum atomic E-state index is -0.312. The molecule has 1 aliphatic heterocycles. The van der Waals surface area contributed by atoms with Crippen LogP contribution >= 0.6 is 0 Å². The topological polar surface area (TPSA) is 77.2 Å². The molecule has 0 saturated carbocycles. The molecule has 4 rings (SSSR count). The first kappa shape index (κ1) is 26.9. The molecule has 2 N–H and O–H groups in total. The van der Waals surface area contributed by atoms with E-state index >= 15 is 0 Å². The minimum Gasteiger partial charge on any atom is -0.495 e. The predicted molar refractivity (Wildman–Crippen MR) is 153 cm³/mol. The zero-order valence-electron chi connectivity index (χ0n) is 22.4. The number of carbonyl (C=O) groups excluding carboxylic acids is 2. The van der Waals surface area contributed by atoms with E-state index in [2.05, 4.69) is 26.5 Å². The quantitative estimate of drug-likeness (QED) is 0.427. The van der Waals surface area contributed by atoms with E-state index in [1.54, 1.807) is 13.2 Å². The van der Waals surface area contributed by atoms with Crippen molar-refractivity contribution in [3.8, 4) is 5.75 Å². The van der Waals surface area contributed by atoms with Crippen molar-refractivity contribution in [3.63, 3.8) is 0 Å². The average Bonchev–Trinajstić information content (AvgIpc) is 2.97. The van der Waals surface area contributed by atoms with E-state index in [9.17, 15) is 9.59 Å². The fourth-order valence-electron chi connectivity index (χ4n) is 4.77. The van der Waals surface area contributed by atoms with Gasteiger partial charge in [-0.2, -0.15) is 0 Å². The standard InChI is InChI=1S/C30H37N5O3/c1-4-33(5-2)29(36)25-21-24(32-30(37)31-22-23-11-7-6-8-12-23)15-16-26(25)34-17-19-35(20-18-34)27-13-9-10-14-28(27)38-3/h6-16,21H,4-5,17-20,22H2,1-3H3,(H2,31,32,37). The second kappa shape index (κ2) is 12.9. The monoisotopic (exact) mass is 515 g/mol. The van der Waals surface area contributed by atoms with Gasteiger partial charge in [0, 0.05) is 57.2 Å². The summed E-state index contributed by atoms with van der Waals surface area (Å²) in [6.45, 7) is 8.76. The van der Waals surface area contributed by atoms with Gasteiger partial charge in [0.15, 0.2) is 0 Å². The summed E-state index contributed by atoms with van der Waals surface area (Å²) in [6.07, 6.45) is 0. The van der Waals surface area contributed by atoms with E-state index in [1.807, 2.05) is 79.4 Å². The Balaban J connectivity index is 1.50. The highest BCUT2D eigenvalue weighted by atomic mass is 16.5. The van der Waals surface area contributed by atoms with Crippen LogP contribution in [0.1, 0.15) is 29.8 Å². The highest BCUT2D eigenvalue weighted by Gasteiger charge is 2.25. The fraction of sp³-hybridized carbons (Fsp3) is 0.333. The van der Waals surface area contributed by atoms with Crippen molar-refractivity contribution >= 4 is 29.0 Å². The summed E-state index contributed by atoms with van der Waals surface area (Å²) in [7, 11) is 1.69. The Hall–Kier alpha value is -4.20. The van der Waals surface area contributed by atoms with E-state index in [0.29, 0.717) is 30.9 Å². The molecule has 1 saturated heterocycles. The molecule has 8 heteroatoms. The largest absolute Gasteiger partial charge is 0.495 e. The van der Waals surface area contributed by atoms with E-state index in [1.165, 1.54) is 0 Å². The van der Waals surface area contributed by atoms with Crippen LogP contribution in [0.25, 0.3) is 0 Å². The molecule has 1 aliphatic rings. The molecule has 0 atom stereocenters. The summed E-state index contributed by atoms with van der Waals surface area (Å²) in [4.78, 5) is 32.5. The first-order valence-corrected chi connectivity index (χ1v) is 13.2. The number of para-hydroxylation sites is 2. The van der Waals surface area contributed by atoms with Crippen LogP contribution in [0.4, 0.5) is 21.9 Å². The first-order valence-electron chi connectivity index (χ1n) is 13.2. The molecule has 1 fully saturated rings. The number of carbonyl (C=O) groups is 2. The summed E-state index contributed by atoms with van der Waals surface area (Å²) < 4.78 is 5.55. The highest BCUT2D eigenvalue weighted by Crippen LogP contribution is 2.31. The van der Waals surface area contributed by atoms with Gasteiger partial charge in [-0.05, 0) is 49.7 Å². The van der Waals surface area contributed by atoms with Crippen molar-refractivity contribution in [1.82, 2.24) is 10.2 Å². The molecule has 0 unspecified atom stereocenters. The van der Waals surface area contributed by atoms with Crippen LogP contribution in [-0.4, -0.2) is 63.2 Å². The van der Waals surface area contributed by atoms with Gasteiger partial charge >= 0.3 is 6.03 Å². The number of ether oxygens (including phenoxy) is 1. The summed E-state index contributed by atoms with van der Waals surface area (Å²) in [5, 5.41) is 5.77. The lowest BCUT2D eigenvalue weighted by atomic mass is 10.1. The van der Waals surface area contributed by atoms with Crippen molar-refractivity contribution in [1.29, 1.82) is 0 Å². The van der Waals surface area contributed by atoms with Gasteiger partial charge in [-0.3, -0.25) is 4.79 Å². The van der Waals surface area contributed by atoms with E-state index in [4.69, 9.17) is 4.74 Å². The lowest BCUT2D eigenvalue weighted by Gasteiger charge is -2.38. The van der Waals surface area contributed by atoms with Crippen molar-refractivity contribution < 1.29 is 14.3 Å². The maximum atomic E-state index is 13.5. The van der Waals surface area contributed by atoms with Crippen molar-refractivity contribution in [2.24, 2.45) is 0 Å². The summed E-state index contributed by atoms with van der Waals surface area (Å²) in [6, 6.07) is 23.1. The van der Waals surface area contributed by atoms with Gasteiger partial charge in [0.2, 0.25) is 0 Å². The Labute approximate surface area is 225 Å². The Bertz CT molecular complexity index is 1220. The Morgan fingerprint density at radius 2 is 1.47 bits per heavy atom. The van der Waals surface area contributed by atoms with Crippen LogP contribution in [0, 0.1) is 0 Å². The molecule has 1 heterocycles. The molecule has 3 aromatic carbocycles. The normalized spacial score (nSPS) is 13.1. The van der Waals surface area contributed by atoms with Crippen molar-refractivity contribution in [2.75, 3.05) is 61.5 Å². The third kappa shape index (κ3) is 6.37. The molecule has 3 amide bonds. The molecule has 0 bridgehead atoms. The van der Waals surface area contributed by atoms with Gasteiger partial charge in [0.1, 0.15) is 5.75 Å². The Morgan fingerprint density at radius 1 is 0.842 bits per heavy atom. The number of hydrogen-bond acceptors (Lipinski definition) is 5. The number of methoxy groups -OCH3 is 1. The first-order chi connectivity index (χ1) is 18.5. The van der Waals surface area contributed by atoms with Crippen LogP contribution in [-0.2, 0) is 6.54 Å². The Morgan fingerprint density at radius 3 is 2.13 bits per heavy atom. The van der Waals surface area contributed by atoms with Crippen LogP contribution in [0.2, 0.25) is 0 Å². The number of nitrogens with zero attached hydrogens (tertiary/aromatic N) is 3. The van der Waals surface area contributed by atoms with E-state index in [-0.39, 0.29) is 11.9 Å². The van der Waals surface area contributed by atoms with Gasteiger partial charge in [-0.15, -0.1) is 0 Å². The third-order valence-corrected chi connectivity index (χ3v) is 6.88. The van der Waals surface area contributed by atoms with Crippen LogP contribution in [0.5, 0.6) is 5.75 Å². The lowest BCUT2D eigenvalue weighted by Crippen LogP contribution is -2.47. The number of rotatable bonds is 9. The van der Waals surface area contributed by atoms with Crippen molar-refractivity contribution in [2.45, 2.75) is 20.4 Å². The molecule has 8 nitrogen and oxygen atoms in total. The zero-order chi connectivity index (χ0) is 26.9. The molecule has 0 aromatic heterocycles. The summed E-state index contributed by atoms with van der Waals surface area (Å²) in [5.41, 5.74) is 4.16. The van der Waals surface area contributed by atoms with Gasteiger partial charge in [-0.25, -0.2) is 4.79 Å². The zero-order valence-corrected chi connectivity index (χ0v) is 22.4. The highest BCUT2D eigenvalue weighted by molar-refractivity contribution is 6.02. The number of nitrogens with one attached hydrogen (secondary N) is 2. The number of hydrogen-bond donors (Lipinski definition) is 2. The molecule has 200 valence electrons. The number of anilines is 3. The summed E-state index contributed by atoms with van der Waals surface area (Å²) in [5.74, 6) is 0.824. The number of amides is 3. The molecule has 0 radical (unpaired) electrons. The Kier molecular flexibility index (Phi) is 9.08. The van der Waals surface area contributed by atoms with Gasteiger partial charge in [0.05, 0.1) is 18.4 Å². The lowest BCUT2D eigenvalue weighted by molar-refractivity contribution is 0.0773. The van der Waals surface area contributed by atoms with Gasteiger partial charge in [-0.1, -0.05) is 42.5 Å². The molecule has 0 aliphatic carbocycles. The van der Waals surface area contributed by atoms with E-state index in [0.717, 1.165) is 48.9 Å². The van der Waals surface area contributed by atoms with Gasteiger partial charge < -0.3 is 30.1 Å². The molecule has 38 heavy (non-hydrogen) atoms. The minimum absolute atomic E-state index is 0.0366. The van der Waals surface area contributed by atoms with Crippen LogP contribution in [0.3, 0.4) is 0 Å². The van der Waals surface area contributed by atoms with Gasteiger partial charge in [0.25, 0.3) is 5.91 Å². The molecule has 3 aromatic rings. The third-order valence-electron chi connectivity index (χ3n) is 6.88. The maximum Gasteiger partial charge on any atom is 0.319 e. The SMILES string of the molecule is CCN(CC)C(=O)c1cc(NC(=O)NCc2ccccc2)ccc1N1CCN(c2ccccc2OC)CC1. The summed E-state index contributed by atoms with van der Waals surface area (Å²) >= 11 is 0. The number of urea groups is 1. The fourth-order valence-corrected chi connectivity index (χ4v) is 4.77. The van der Waals surface area contributed by atoms with Crippen LogP contribution < -0.4 is 25.2 Å². The second-order valence-electron chi connectivity index (χ2n) is 9.15. The molecule has 0 spiro atoms. The number of benzene rings is 3. The van der Waals surface area contributed by atoms with Crippen molar-refractivity contribution in [3.05, 3.63) is 83.9 Å². The van der Waals surface area contributed by atoms with E-state index < -0.39 is 0 Å². The smallest absolute Gasteiger partial charge is 0.319 e. The second-order valence-corrected chi connectivity index (χ2v) is 9.15. The van der Waals surface area contributed by atoms with Crippen LogP contribution in [0.15, 0.2) is 72.8 Å². The predicted octanol–water partition coefficient (Wildman–Crippen LogP) is 4.83. The molecular weight excluding hydrogens is 478 g/mol. The molecular formula is C30H37N5O3. The average molecular weight is 516 g/mol.